The van der Waals surface area contributed by atoms with E-state index >= 15 is 0 Å². The minimum Gasteiger partial charge on any atom is -0.397 e. The molecule has 0 heterocycles. The van der Waals surface area contributed by atoms with E-state index in [0.717, 1.165) is 12.0 Å². The lowest BCUT2D eigenvalue weighted by atomic mass is 9.60. The van der Waals surface area contributed by atoms with Crippen LogP contribution < -0.4 is 0 Å². The van der Waals surface area contributed by atoms with Crippen LogP contribution >= 0.6 is 0 Å². The van der Waals surface area contributed by atoms with Crippen LogP contribution in [0.1, 0.15) is 74.1 Å². The molecule has 1 rings (SSSR count). The van der Waals surface area contributed by atoms with Crippen LogP contribution in [0.25, 0.3) is 0 Å². The molecular weight excluding hydrogens is 288 g/mol. The van der Waals surface area contributed by atoms with E-state index in [0.29, 0.717) is 11.8 Å². The third-order valence-electron chi connectivity index (χ3n) is 7.38. The Morgan fingerprint density at radius 2 is 1.55 bits per heavy atom. The maximum Gasteiger partial charge on any atom is 0.344 e. The normalized spacial score (nSPS) is 32.5. The molecule has 1 saturated carbocycles. The first-order chi connectivity index (χ1) is 10.1. The molecule has 0 saturated heterocycles. The summed E-state index contributed by atoms with van der Waals surface area (Å²) in [5.41, 5.74) is 0.254. The molecule has 0 amide bonds. The second-order valence-electron chi connectivity index (χ2n) is 8.55. The Morgan fingerprint density at radius 3 is 1.95 bits per heavy atom. The summed E-state index contributed by atoms with van der Waals surface area (Å²) in [6.45, 7) is 16.8. The minimum absolute atomic E-state index is 0.156. The molecular formula is C19H40O2Si. The fraction of sp³-hybridized carbons (Fsp3) is 1.00. The van der Waals surface area contributed by atoms with Gasteiger partial charge in [0.05, 0.1) is 0 Å². The van der Waals surface area contributed by atoms with E-state index in [1.807, 2.05) is 14.2 Å². The van der Waals surface area contributed by atoms with Crippen molar-refractivity contribution in [2.45, 2.75) is 85.2 Å². The average Bonchev–Trinajstić information content (AvgIpc) is 2.47. The van der Waals surface area contributed by atoms with E-state index in [-0.39, 0.29) is 10.5 Å². The molecule has 1 aliphatic rings. The monoisotopic (exact) mass is 328 g/mol. The molecule has 0 aromatic rings. The Labute approximate surface area is 140 Å². The van der Waals surface area contributed by atoms with Crippen LogP contribution in [0, 0.1) is 23.2 Å². The van der Waals surface area contributed by atoms with Gasteiger partial charge in [0.2, 0.25) is 0 Å². The quantitative estimate of drug-likeness (QED) is 0.533. The van der Waals surface area contributed by atoms with Crippen molar-refractivity contribution >= 4 is 8.56 Å². The van der Waals surface area contributed by atoms with Crippen LogP contribution in [0.5, 0.6) is 0 Å². The lowest BCUT2D eigenvalue weighted by Crippen LogP contribution is -2.61. The highest BCUT2D eigenvalue weighted by Crippen LogP contribution is 2.65. The van der Waals surface area contributed by atoms with E-state index in [2.05, 4.69) is 48.5 Å². The maximum absolute atomic E-state index is 6.31. The molecule has 22 heavy (non-hydrogen) atoms. The Balaban J connectivity index is 3.31. The van der Waals surface area contributed by atoms with E-state index in [1.165, 1.54) is 25.7 Å². The molecule has 0 spiro atoms. The summed E-state index contributed by atoms with van der Waals surface area (Å²) in [5, 5.41) is 0.156. The predicted octanol–water partition coefficient (Wildman–Crippen LogP) is 6.01. The van der Waals surface area contributed by atoms with Crippen LogP contribution in [0.15, 0.2) is 0 Å². The van der Waals surface area contributed by atoms with Gasteiger partial charge in [-0.05, 0) is 42.1 Å². The summed E-state index contributed by atoms with van der Waals surface area (Å²) < 4.78 is 12.6. The second kappa shape index (κ2) is 7.35. The molecule has 1 fully saturated rings. The molecule has 0 bridgehead atoms. The Morgan fingerprint density at radius 1 is 1.05 bits per heavy atom. The topological polar surface area (TPSA) is 18.5 Å². The zero-order chi connectivity index (χ0) is 17.2. The first-order valence-corrected chi connectivity index (χ1v) is 11.3. The van der Waals surface area contributed by atoms with Gasteiger partial charge in [-0.2, -0.15) is 0 Å². The van der Waals surface area contributed by atoms with Crippen molar-refractivity contribution in [3.8, 4) is 0 Å². The average molecular weight is 329 g/mol. The molecule has 3 unspecified atom stereocenters. The zero-order valence-electron chi connectivity index (χ0n) is 16.6. The molecule has 0 aromatic carbocycles. The molecule has 132 valence electrons. The van der Waals surface area contributed by atoms with Crippen LogP contribution in [0.3, 0.4) is 0 Å². The zero-order valence-corrected chi connectivity index (χ0v) is 17.6. The summed E-state index contributed by atoms with van der Waals surface area (Å²) in [6.07, 6.45) is 5.00. The van der Waals surface area contributed by atoms with Gasteiger partial charge in [0, 0.05) is 19.3 Å². The van der Waals surface area contributed by atoms with Gasteiger partial charge in [-0.3, -0.25) is 0 Å². The Kier molecular flexibility index (Phi) is 6.75. The van der Waals surface area contributed by atoms with Gasteiger partial charge < -0.3 is 8.85 Å². The SMILES string of the molecule is CCC(CC)C[Si](OC)(OC)C1(C)CC(C)CC(C)C1(C)C. The standard InChI is InChI=1S/C19H40O2Si/c1-10-17(11-2)14-22(20-8,21-9)19(7)13-15(3)12-16(4)18(19,5)6/h15-17H,10-14H2,1-9H3. The van der Waals surface area contributed by atoms with Gasteiger partial charge in [-0.25, -0.2) is 0 Å². The third-order valence-corrected chi connectivity index (χ3v) is 12.3. The summed E-state index contributed by atoms with van der Waals surface area (Å²) in [6, 6.07) is 1.13. The van der Waals surface area contributed by atoms with Crippen LogP contribution in [-0.2, 0) is 8.85 Å². The summed E-state index contributed by atoms with van der Waals surface area (Å²) in [5.74, 6) is 2.18. The van der Waals surface area contributed by atoms with Crippen molar-refractivity contribution in [1.29, 1.82) is 0 Å². The van der Waals surface area contributed by atoms with E-state index < -0.39 is 8.56 Å². The van der Waals surface area contributed by atoms with Crippen molar-refractivity contribution in [3.05, 3.63) is 0 Å². The molecule has 1 aliphatic carbocycles. The van der Waals surface area contributed by atoms with Gasteiger partial charge >= 0.3 is 8.56 Å². The Bertz CT molecular complexity index is 347. The van der Waals surface area contributed by atoms with Gasteiger partial charge in [0.1, 0.15) is 0 Å². The maximum atomic E-state index is 6.31. The second-order valence-corrected chi connectivity index (χ2v) is 12.4. The van der Waals surface area contributed by atoms with Crippen molar-refractivity contribution in [2.75, 3.05) is 14.2 Å². The van der Waals surface area contributed by atoms with Gasteiger partial charge in [0.15, 0.2) is 0 Å². The molecule has 0 radical (unpaired) electrons. The van der Waals surface area contributed by atoms with Crippen molar-refractivity contribution in [3.63, 3.8) is 0 Å². The molecule has 2 nitrogen and oxygen atoms in total. The van der Waals surface area contributed by atoms with Crippen molar-refractivity contribution in [2.24, 2.45) is 23.2 Å². The van der Waals surface area contributed by atoms with Gasteiger partial charge in [0.25, 0.3) is 0 Å². The first-order valence-electron chi connectivity index (χ1n) is 9.24. The largest absolute Gasteiger partial charge is 0.397 e. The van der Waals surface area contributed by atoms with Crippen LogP contribution in [0.2, 0.25) is 11.1 Å². The highest BCUT2D eigenvalue weighted by molar-refractivity contribution is 6.71. The number of hydrogen-bond donors (Lipinski definition) is 0. The van der Waals surface area contributed by atoms with Crippen LogP contribution in [0.4, 0.5) is 0 Å². The highest BCUT2D eigenvalue weighted by atomic mass is 28.4. The first kappa shape index (κ1) is 20.2. The fourth-order valence-electron chi connectivity index (χ4n) is 5.01. The van der Waals surface area contributed by atoms with E-state index in [1.54, 1.807) is 0 Å². The Hall–Kier alpha value is 0.137. The van der Waals surface area contributed by atoms with Gasteiger partial charge in [-0.1, -0.05) is 61.3 Å². The van der Waals surface area contributed by atoms with E-state index in [9.17, 15) is 0 Å². The minimum atomic E-state index is -2.29. The molecule has 0 aliphatic heterocycles. The third kappa shape index (κ3) is 3.18. The van der Waals surface area contributed by atoms with E-state index in [4.69, 9.17) is 8.85 Å². The smallest absolute Gasteiger partial charge is 0.344 e. The lowest BCUT2D eigenvalue weighted by Gasteiger charge is -2.60. The van der Waals surface area contributed by atoms with Gasteiger partial charge in [-0.15, -0.1) is 0 Å². The summed E-state index contributed by atoms with van der Waals surface area (Å²) in [7, 11) is 1.52. The molecule has 3 heteroatoms. The highest BCUT2D eigenvalue weighted by Gasteiger charge is 2.64. The molecule has 3 atom stereocenters. The summed E-state index contributed by atoms with van der Waals surface area (Å²) in [4.78, 5) is 0. The number of hydrogen-bond acceptors (Lipinski definition) is 2. The number of rotatable bonds is 7. The summed E-state index contributed by atoms with van der Waals surface area (Å²) >= 11 is 0. The predicted molar refractivity (Wildman–Crippen MR) is 98.4 cm³/mol. The molecule has 0 N–H and O–H groups in total. The fourth-order valence-corrected chi connectivity index (χ4v) is 10.1. The van der Waals surface area contributed by atoms with Crippen molar-refractivity contribution in [1.82, 2.24) is 0 Å². The van der Waals surface area contributed by atoms with Crippen molar-refractivity contribution < 1.29 is 8.85 Å². The lowest BCUT2D eigenvalue weighted by molar-refractivity contribution is 0.0239. The molecule has 0 aromatic heterocycles. The van der Waals surface area contributed by atoms with Crippen LogP contribution in [-0.4, -0.2) is 22.8 Å².